The minimum absolute atomic E-state index is 0.0805. The van der Waals surface area contributed by atoms with E-state index < -0.39 is 5.54 Å². The molecule has 0 aromatic heterocycles. The van der Waals surface area contributed by atoms with Crippen molar-refractivity contribution < 1.29 is 14.3 Å². The number of hydrogen-bond acceptors (Lipinski definition) is 5. The van der Waals surface area contributed by atoms with Gasteiger partial charge in [-0.1, -0.05) is 19.1 Å². The van der Waals surface area contributed by atoms with Crippen LogP contribution in [0, 0.1) is 17.2 Å². The first-order valence-corrected chi connectivity index (χ1v) is 9.29. The Kier molecular flexibility index (Phi) is 7.19. The minimum atomic E-state index is -0.825. The highest BCUT2D eigenvalue weighted by molar-refractivity contribution is 5.94. The number of hydrogen-bond donors (Lipinski definition) is 2. The van der Waals surface area contributed by atoms with Crippen molar-refractivity contribution in [1.82, 2.24) is 10.2 Å². The van der Waals surface area contributed by atoms with Crippen LogP contribution in [0.2, 0.25) is 0 Å². The second-order valence-electron chi connectivity index (χ2n) is 7.10. The Labute approximate surface area is 160 Å². The van der Waals surface area contributed by atoms with Crippen LogP contribution in [0.4, 0.5) is 5.69 Å². The van der Waals surface area contributed by atoms with Gasteiger partial charge in [-0.25, -0.2) is 0 Å². The molecule has 2 rings (SSSR count). The number of nitriles is 1. The predicted molar refractivity (Wildman–Crippen MR) is 103 cm³/mol. The molecule has 1 unspecified atom stereocenters. The maximum Gasteiger partial charge on any atom is 0.238 e. The van der Waals surface area contributed by atoms with Crippen LogP contribution in [-0.4, -0.2) is 49.0 Å². The number of para-hydroxylation sites is 2. The van der Waals surface area contributed by atoms with Gasteiger partial charge < -0.3 is 15.4 Å². The van der Waals surface area contributed by atoms with E-state index in [2.05, 4.69) is 16.7 Å². The third-order valence-electron chi connectivity index (χ3n) is 4.68. The van der Waals surface area contributed by atoms with Gasteiger partial charge in [0.15, 0.2) is 0 Å². The lowest BCUT2D eigenvalue weighted by Gasteiger charge is -2.26. The maximum atomic E-state index is 12.4. The van der Waals surface area contributed by atoms with Crippen molar-refractivity contribution in [2.75, 3.05) is 32.1 Å². The normalized spacial score (nSPS) is 15.5. The van der Waals surface area contributed by atoms with Crippen molar-refractivity contribution >= 4 is 17.5 Å². The molecule has 2 amide bonds. The number of methoxy groups -OCH3 is 1. The Morgan fingerprint density at radius 1 is 1.30 bits per heavy atom. The second kappa shape index (κ2) is 9.38. The van der Waals surface area contributed by atoms with E-state index in [1.54, 1.807) is 31.1 Å². The van der Waals surface area contributed by atoms with Gasteiger partial charge in [0.1, 0.15) is 11.3 Å². The van der Waals surface area contributed by atoms with Crippen LogP contribution in [-0.2, 0) is 9.59 Å². The van der Waals surface area contributed by atoms with Crippen LogP contribution >= 0.6 is 0 Å². The van der Waals surface area contributed by atoms with E-state index in [4.69, 9.17) is 4.74 Å². The fourth-order valence-corrected chi connectivity index (χ4v) is 3.09. The molecule has 27 heavy (non-hydrogen) atoms. The summed E-state index contributed by atoms with van der Waals surface area (Å²) in [6.07, 6.45) is 2.74. The van der Waals surface area contributed by atoms with Gasteiger partial charge in [-0.05, 0) is 50.8 Å². The van der Waals surface area contributed by atoms with Crippen LogP contribution in [0.25, 0.3) is 0 Å². The molecule has 1 aliphatic rings. The number of carbonyl (C=O) groups excluding carboxylic acids is 2. The first kappa shape index (κ1) is 20.7. The standard InChI is InChI=1S/C20H28N4O3/c1-4-11-24(13-19(26)23-20(2,14-21)15-9-10-15)12-18(25)22-16-7-5-6-8-17(16)27-3/h5-8,15H,4,9-13H2,1-3H3,(H,22,25)(H,23,26). The summed E-state index contributed by atoms with van der Waals surface area (Å²) in [6, 6.07) is 9.40. The van der Waals surface area contributed by atoms with Crippen molar-refractivity contribution in [1.29, 1.82) is 5.26 Å². The Bertz CT molecular complexity index is 711. The molecular formula is C20H28N4O3. The Hall–Kier alpha value is -2.59. The summed E-state index contributed by atoms with van der Waals surface area (Å²) in [5.74, 6) is 0.357. The van der Waals surface area contributed by atoms with E-state index in [1.165, 1.54) is 0 Å². The molecule has 146 valence electrons. The largest absolute Gasteiger partial charge is 0.495 e. The molecule has 7 nitrogen and oxygen atoms in total. The lowest BCUT2D eigenvalue weighted by Crippen LogP contribution is -2.51. The molecule has 1 aliphatic carbocycles. The highest BCUT2D eigenvalue weighted by atomic mass is 16.5. The first-order valence-electron chi connectivity index (χ1n) is 9.29. The Morgan fingerprint density at radius 2 is 1.96 bits per heavy atom. The second-order valence-corrected chi connectivity index (χ2v) is 7.10. The van der Waals surface area contributed by atoms with Crippen LogP contribution < -0.4 is 15.4 Å². The Morgan fingerprint density at radius 3 is 2.56 bits per heavy atom. The summed E-state index contributed by atoms with van der Waals surface area (Å²) in [5, 5.41) is 15.0. The van der Waals surface area contributed by atoms with Crippen LogP contribution in [0.1, 0.15) is 33.1 Å². The number of nitrogens with one attached hydrogen (secondary N) is 2. The minimum Gasteiger partial charge on any atom is -0.495 e. The van der Waals surface area contributed by atoms with E-state index in [0.717, 1.165) is 19.3 Å². The average Bonchev–Trinajstić information content (AvgIpc) is 3.47. The number of amides is 2. The summed E-state index contributed by atoms with van der Waals surface area (Å²) < 4.78 is 5.24. The van der Waals surface area contributed by atoms with Crippen LogP contribution in [0.5, 0.6) is 5.75 Å². The van der Waals surface area contributed by atoms with Gasteiger partial charge in [-0.3, -0.25) is 14.5 Å². The number of benzene rings is 1. The molecule has 0 bridgehead atoms. The molecule has 7 heteroatoms. The lowest BCUT2D eigenvalue weighted by molar-refractivity contribution is -0.124. The molecule has 1 aromatic carbocycles. The van der Waals surface area contributed by atoms with Crippen molar-refractivity contribution in [3.8, 4) is 11.8 Å². The first-order chi connectivity index (χ1) is 12.9. The maximum absolute atomic E-state index is 12.4. The summed E-state index contributed by atoms with van der Waals surface area (Å²) in [4.78, 5) is 26.6. The van der Waals surface area contributed by atoms with E-state index in [9.17, 15) is 14.9 Å². The summed E-state index contributed by atoms with van der Waals surface area (Å²) in [7, 11) is 1.55. The van der Waals surface area contributed by atoms with Gasteiger partial charge in [0.2, 0.25) is 11.8 Å². The molecule has 1 fully saturated rings. The van der Waals surface area contributed by atoms with E-state index in [-0.39, 0.29) is 30.8 Å². The molecule has 0 saturated heterocycles. The predicted octanol–water partition coefficient (Wildman–Crippen LogP) is 2.15. The molecule has 0 spiro atoms. The zero-order valence-corrected chi connectivity index (χ0v) is 16.2. The van der Waals surface area contributed by atoms with Crippen LogP contribution in [0.3, 0.4) is 0 Å². The average molecular weight is 372 g/mol. The molecule has 1 atom stereocenters. The summed E-state index contributed by atoms with van der Waals surface area (Å²) >= 11 is 0. The molecule has 0 aliphatic heterocycles. The SMILES string of the molecule is CCCN(CC(=O)Nc1ccccc1OC)CC(=O)NC(C)(C#N)C1CC1. The number of nitrogens with zero attached hydrogens (tertiary/aromatic N) is 2. The molecule has 2 N–H and O–H groups in total. The van der Waals surface area contributed by atoms with Gasteiger partial charge in [-0.2, -0.15) is 5.26 Å². The number of anilines is 1. The molecule has 0 heterocycles. The summed E-state index contributed by atoms with van der Waals surface area (Å²) in [6.45, 7) is 4.54. The third kappa shape index (κ3) is 5.97. The van der Waals surface area contributed by atoms with Gasteiger partial charge in [0.05, 0.1) is 32.0 Å². The van der Waals surface area contributed by atoms with Crippen molar-refractivity contribution in [3.05, 3.63) is 24.3 Å². The monoisotopic (exact) mass is 372 g/mol. The zero-order chi connectivity index (χ0) is 19.9. The quantitative estimate of drug-likeness (QED) is 0.656. The number of ether oxygens (including phenoxy) is 1. The van der Waals surface area contributed by atoms with E-state index >= 15 is 0 Å². The highest BCUT2D eigenvalue weighted by Gasteiger charge is 2.43. The fraction of sp³-hybridized carbons (Fsp3) is 0.550. The third-order valence-corrected chi connectivity index (χ3v) is 4.68. The highest BCUT2D eigenvalue weighted by Crippen LogP contribution is 2.39. The van der Waals surface area contributed by atoms with Gasteiger partial charge in [0.25, 0.3) is 0 Å². The van der Waals surface area contributed by atoms with Gasteiger partial charge in [-0.15, -0.1) is 0 Å². The van der Waals surface area contributed by atoms with E-state index in [1.807, 2.05) is 19.1 Å². The number of carbonyl (C=O) groups is 2. The van der Waals surface area contributed by atoms with Gasteiger partial charge >= 0.3 is 0 Å². The zero-order valence-electron chi connectivity index (χ0n) is 16.2. The number of rotatable bonds is 10. The van der Waals surface area contributed by atoms with Crippen molar-refractivity contribution in [2.24, 2.45) is 5.92 Å². The molecule has 0 radical (unpaired) electrons. The van der Waals surface area contributed by atoms with Crippen molar-refractivity contribution in [3.63, 3.8) is 0 Å². The smallest absolute Gasteiger partial charge is 0.238 e. The fourth-order valence-electron chi connectivity index (χ4n) is 3.09. The topological polar surface area (TPSA) is 94.5 Å². The van der Waals surface area contributed by atoms with Crippen LogP contribution in [0.15, 0.2) is 24.3 Å². The van der Waals surface area contributed by atoms with Crippen molar-refractivity contribution in [2.45, 2.75) is 38.6 Å². The van der Waals surface area contributed by atoms with Gasteiger partial charge in [0, 0.05) is 0 Å². The Balaban J connectivity index is 1.93. The molecular weight excluding hydrogens is 344 g/mol. The molecule has 1 aromatic rings. The summed E-state index contributed by atoms with van der Waals surface area (Å²) in [5.41, 5.74) is -0.231. The lowest BCUT2D eigenvalue weighted by atomic mass is 9.98. The molecule has 1 saturated carbocycles. The van der Waals surface area contributed by atoms with E-state index in [0.29, 0.717) is 18.0 Å².